The molecular weight excluding hydrogens is 314 g/mol. The van der Waals surface area contributed by atoms with Crippen molar-refractivity contribution in [3.8, 4) is 5.75 Å². The minimum absolute atomic E-state index is 0.0120. The lowest BCUT2D eigenvalue weighted by atomic mass is 9.99. The minimum atomic E-state index is 0.0120. The van der Waals surface area contributed by atoms with E-state index in [0.717, 1.165) is 49.3 Å². The van der Waals surface area contributed by atoms with Crippen molar-refractivity contribution in [1.82, 2.24) is 14.9 Å². The van der Waals surface area contributed by atoms with E-state index < -0.39 is 0 Å². The summed E-state index contributed by atoms with van der Waals surface area (Å²) in [5.74, 6) is 0.714. The Morgan fingerprint density at radius 3 is 2.92 bits per heavy atom. The molecule has 25 heavy (non-hydrogen) atoms. The third-order valence-electron chi connectivity index (χ3n) is 4.61. The van der Waals surface area contributed by atoms with Gasteiger partial charge in [0.15, 0.2) is 6.61 Å². The highest BCUT2D eigenvalue weighted by molar-refractivity contribution is 5.78. The van der Waals surface area contributed by atoms with Crippen molar-refractivity contribution in [3.05, 3.63) is 53.6 Å². The number of hydrogen-bond acceptors (Lipinski definition) is 4. The van der Waals surface area contributed by atoms with Crippen LogP contribution < -0.4 is 4.74 Å². The lowest BCUT2D eigenvalue weighted by Gasteiger charge is -2.35. The average molecular weight is 339 g/mol. The lowest BCUT2D eigenvalue weighted by molar-refractivity contribution is -0.137. The summed E-state index contributed by atoms with van der Waals surface area (Å²) < 4.78 is 5.81. The monoisotopic (exact) mass is 339 g/mol. The molecule has 3 heterocycles. The van der Waals surface area contributed by atoms with Crippen LogP contribution in [-0.2, 0) is 11.2 Å². The molecule has 0 radical (unpaired) electrons. The first kappa shape index (κ1) is 17.4. The molecule has 0 aromatic carbocycles. The molecule has 1 aliphatic rings. The van der Waals surface area contributed by atoms with Gasteiger partial charge in [-0.15, -0.1) is 0 Å². The largest absolute Gasteiger partial charge is 0.482 e. The first-order valence-electron chi connectivity index (χ1n) is 8.98. The van der Waals surface area contributed by atoms with Gasteiger partial charge in [0.05, 0.1) is 17.4 Å². The van der Waals surface area contributed by atoms with Gasteiger partial charge in [0.2, 0.25) is 0 Å². The number of likely N-dealkylation sites (tertiary alicyclic amines) is 1. The number of carbonyl (C=O) groups excluding carboxylic acids is 1. The van der Waals surface area contributed by atoms with Crippen molar-refractivity contribution in [3.63, 3.8) is 0 Å². The van der Waals surface area contributed by atoms with Gasteiger partial charge in [-0.3, -0.25) is 14.8 Å². The summed E-state index contributed by atoms with van der Waals surface area (Å²) in [7, 11) is 0. The molecule has 0 bridgehead atoms. The molecule has 5 nitrogen and oxygen atoms in total. The van der Waals surface area contributed by atoms with Crippen molar-refractivity contribution >= 4 is 5.91 Å². The highest BCUT2D eigenvalue weighted by Crippen LogP contribution is 2.29. The molecule has 0 aliphatic carbocycles. The van der Waals surface area contributed by atoms with Crippen LogP contribution in [0, 0.1) is 6.92 Å². The summed E-state index contributed by atoms with van der Waals surface area (Å²) in [4.78, 5) is 23.6. The van der Waals surface area contributed by atoms with E-state index in [1.165, 1.54) is 0 Å². The van der Waals surface area contributed by atoms with Gasteiger partial charge in [0, 0.05) is 18.4 Å². The molecule has 1 aliphatic heterocycles. The molecule has 2 aromatic rings. The predicted molar refractivity (Wildman–Crippen MR) is 96.4 cm³/mol. The number of pyridine rings is 2. The molecule has 132 valence electrons. The SMILES string of the molecule is CCc1nc(C)ccc1OCC(=O)N1CCCCC1c1ccccn1. The Morgan fingerprint density at radius 2 is 2.16 bits per heavy atom. The summed E-state index contributed by atoms with van der Waals surface area (Å²) in [5, 5.41) is 0. The van der Waals surface area contributed by atoms with Gasteiger partial charge >= 0.3 is 0 Å². The van der Waals surface area contributed by atoms with Crippen molar-refractivity contribution < 1.29 is 9.53 Å². The number of amides is 1. The van der Waals surface area contributed by atoms with E-state index in [4.69, 9.17) is 4.74 Å². The molecule has 0 N–H and O–H groups in total. The quantitative estimate of drug-likeness (QED) is 0.837. The molecule has 0 saturated carbocycles. The second-order valence-electron chi connectivity index (χ2n) is 6.39. The van der Waals surface area contributed by atoms with Crippen molar-refractivity contribution in [2.24, 2.45) is 0 Å². The molecule has 1 saturated heterocycles. The normalized spacial score (nSPS) is 17.4. The third kappa shape index (κ3) is 4.16. The van der Waals surface area contributed by atoms with Gasteiger partial charge in [-0.2, -0.15) is 0 Å². The highest BCUT2D eigenvalue weighted by Gasteiger charge is 2.29. The van der Waals surface area contributed by atoms with Crippen LogP contribution in [0.25, 0.3) is 0 Å². The highest BCUT2D eigenvalue weighted by atomic mass is 16.5. The number of ether oxygens (including phenoxy) is 1. The maximum Gasteiger partial charge on any atom is 0.261 e. The van der Waals surface area contributed by atoms with Crippen LogP contribution in [0.3, 0.4) is 0 Å². The van der Waals surface area contributed by atoms with E-state index in [0.29, 0.717) is 5.75 Å². The van der Waals surface area contributed by atoms with E-state index in [1.54, 1.807) is 6.20 Å². The Balaban J connectivity index is 1.69. The lowest BCUT2D eigenvalue weighted by Crippen LogP contribution is -2.41. The fourth-order valence-electron chi connectivity index (χ4n) is 3.32. The molecule has 3 rings (SSSR count). The number of nitrogens with zero attached hydrogens (tertiary/aromatic N) is 3. The fourth-order valence-corrected chi connectivity index (χ4v) is 3.32. The van der Waals surface area contributed by atoms with Gasteiger partial charge in [-0.1, -0.05) is 13.0 Å². The van der Waals surface area contributed by atoms with Crippen LogP contribution in [0.4, 0.5) is 0 Å². The number of piperidine rings is 1. The van der Waals surface area contributed by atoms with E-state index in [2.05, 4.69) is 9.97 Å². The number of carbonyl (C=O) groups is 1. The van der Waals surface area contributed by atoms with E-state index in [-0.39, 0.29) is 18.6 Å². The maximum atomic E-state index is 12.8. The minimum Gasteiger partial charge on any atom is -0.482 e. The van der Waals surface area contributed by atoms with E-state index in [9.17, 15) is 4.79 Å². The third-order valence-corrected chi connectivity index (χ3v) is 4.61. The van der Waals surface area contributed by atoms with E-state index in [1.807, 2.05) is 49.1 Å². The summed E-state index contributed by atoms with van der Waals surface area (Å²) in [6.45, 7) is 4.80. The molecule has 1 unspecified atom stereocenters. The Bertz CT molecular complexity index is 718. The number of aryl methyl sites for hydroxylation is 2. The summed E-state index contributed by atoms with van der Waals surface area (Å²) >= 11 is 0. The number of hydrogen-bond donors (Lipinski definition) is 0. The van der Waals surface area contributed by atoms with Gasteiger partial charge in [-0.05, 0) is 56.9 Å². The summed E-state index contributed by atoms with van der Waals surface area (Å²) in [6, 6.07) is 9.74. The molecular formula is C20H25N3O2. The topological polar surface area (TPSA) is 55.3 Å². The first-order valence-corrected chi connectivity index (χ1v) is 8.98. The Morgan fingerprint density at radius 1 is 1.28 bits per heavy atom. The second kappa shape index (κ2) is 8.10. The molecule has 5 heteroatoms. The van der Waals surface area contributed by atoms with Gasteiger partial charge in [0.25, 0.3) is 5.91 Å². The van der Waals surface area contributed by atoms with Crippen LogP contribution in [-0.4, -0.2) is 33.9 Å². The standard InChI is InChI=1S/C20H25N3O2/c1-3-16-19(11-10-15(2)22-16)25-14-20(24)23-13-7-5-9-18(23)17-8-4-6-12-21-17/h4,6,8,10-12,18H,3,5,7,9,13-14H2,1-2H3. The van der Waals surface area contributed by atoms with Crippen LogP contribution in [0.5, 0.6) is 5.75 Å². The van der Waals surface area contributed by atoms with Crippen molar-refractivity contribution in [2.45, 2.75) is 45.6 Å². The Kier molecular flexibility index (Phi) is 5.64. The van der Waals surface area contributed by atoms with Crippen LogP contribution in [0.1, 0.15) is 49.3 Å². The average Bonchev–Trinajstić information content (AvgIpc) is 2.67. The Hall–Kier alpha value is -2.43. The van der Waals surface area contributed by atoms with Crippen LogP contribution >= 0.6 is 0 Å². The molecule has 2 aromatic heterocycles. The molecule has 0 spiro atoms. The Labute approximate surface area is 149 Å². The second-order valence-corrected chi connectivity index (χ2v) is 6.39. The van der Waals surface area contributed by atoms with Gasteiger partial charge in [0.1, 0.15) is 5.75 Å². The zero-order valence-electron chi connectivity index (χ0n) is 14.9. The van der Waals surface area contributed by atoms with Gasteiger partial charge in [-0.25, -0.2) is 0 Å². The fraction of sp³-hybridized carbons (Fsp3) is 0.450. The van der Waals surface area contributed by atoms with Crippen molar-refractivity contribution in [2.75, 3.05) is 13.2 Å². The zero-order valence-corrected chi connectivity index (χ0v) is 14.9. The molecule has 1 amide bonds. The van der Waals surface area contributed by atoms with E-state index >= 15 is 0 Å². The van der Waals surface area contributed by atoms with Gasteiger partial charge < -0.3 is 9.64 Å². The first-order chi connectivity index (χ1) is 12.2. The number of aromatic nitrogens is 2. The van der Waals surface area contributed by atoms with Crippen LogP contribution in [0.15, 0.2) is 36.5 Å². The zero-order chi connectivity index (χ0) is 17.6. The maximum absolute atomic E-state index is 12.8. The predicted octanol–water partition coefficient (Wildman–Crippen LogP) is 3.48. The summed E-state index contributed by atoms with van der Waals surface area (Å²) in [5.41, 5.74) is 2.82. The molecule has 1 atom stereocenters. The smallest absolute Gasteiger partial charge is 0.261 e. The number of rotatable bonds is 5. The van der Waals surface area contributed by atoms with Crippen LogP contribution in [0.2, 0.25) is 0 Å². The molecule has 1 fully saturated rings. The summed E-state index contributed by atoms with van der Waals surface area (Å²) in [6.07, 6.45) is 5.67. The van der Waals surface area contributed by atoms with Crippen molar-refractivity contribution in [1.29, 1.82) is 0 Å².